The molecule has 0 bridgehead atoms. The standard InChI is InChI=1S/C12H10O.2C11H11NO.Al/c13-12-9-5-4-8-11(12)10-6-2-1-3-7-10;2*1-7-6-8(2)12-11-9(7)4-3-5-10(11)13;/h1-9,13H;2*3-6,13H,1-2H3;. The van der Waals surface area contributed by atoms with Crippen LogP contribution in [0.3, 0.4) is 0 Å². The minimum atomic E-state index is 0. The number of aromatic nitrogens is 2. The Morgan fingerprint density at radius 2 is 0.900 bits per heavy atom. The summed E-state index contributed by atoms with van der Waals surface area (Å²) in [6, 6.07) is 32.1. The molecule has 0 atom stereocenters. The Morgan fingerprint density at radius 3 is 1.38 bits per heavy atom. The molecule has 0 saturated heterocycles. The van der Waals surface area contributed by atoms with E-state index in [9.17, 15) is 15.3 Å². The van der Waals surface area contributed by atoms with E-state index in [0.29, 0.717) is 16.8 Å². The van der Waals surface area contributed by atoms with Crippen LogP contribution < -0.4 is 0 Å². The molecule has 3 radical (unpaired) electrons. The first-order chi connectivity index (χ1) is 18.7. The molecule has 6 rings (SSSR count). The molecule has 0 fully saturated rings. The molecule has 40 heavy (non-hydrogen) atoms. The molecule has 0 unspecified atom stereocenters. The summed E-state index contributed by atoms with van der Waals surface area (Å²) in [6.45, 7) is 7.91. The average molecular weight is 544 g/mol. The van der Waals surface area contributed by atoms with Gasteiger partial charge in [0.25, 0.3) is 0 Å². The number of phenolic OH excluding ortho intramolecular Hbond substituents is 3. The lowest BCUT2D eigenvalue weighted by atomic mass is 10.1. The van der Waals surface area contributed by atoms with Crippen LogP contribution in [-0.4, -0.2) is 42.6 Å². The van der Waals surface area contributed by atoms with Gasteiger partial charge in [-0.1, -0.05) is 72.8 Å². The first-order valence-corrected chi connectivity index (χ1v) is 12.7. The maximum Gasteiger partial charge on any atom is 0.141 e. The van der Waals surface area contributed by atoms with Gasteiger partial charge in [-0.05, 0) is 74.7 Å². The van der Waals surface area contributed by atoms with Crippen LogP contribution in [0.2, 0.25) is 0 Å². The van der Waals surface area contributed by atoms with Gasteiger partial charge in [0, 0.05) is 45.1 Å². The first-order valence-electron chi connectivity index (χ1n) is 12.7. The molecule has 0 aliphatic carbocycles. The molecule has 2 aromatic heterocycles. The third kappa shape index (κ3) is 7.18. The van der Waals surface area contributed by atoms with Crippen LogP contribution in [0.25, 0.3) is 32.9 Å². The van der Waals surface area contributed by atoms with Gasteiger partial charge in [0.15, 0.2) is 0 Å². The third-order valence-corrected chi connectivity index (χ3v) is 6.30. The molecule has 3 N–H and O–H groups in total. The van der Waals surface area contributed by atoms with Gasteiger partial charge in [-0.3, -0.25) is 0 Å². The molecule has 2 heterocycles. The number of para-hydroxylation sites is 3. The zero-order chi connectivity index (χ0) is 27.9. The van der Waals surface area contributed by atoms with Crippen LogP contribution in [0.15, 0.2) is 103 Å². The van der Waals surface area contributed by atoms with Gasteiger partial charge in [0.05, 0.1) is 0 Å². The molecule has 5 nitrogen and oxygen atoms in total. The smallest absolute Gasteiger partial charge is 0.141 e. The molecule has 199 valence electrons. The highest BCUT2D eigenvalue weighted by atomic mass is 27.0. The van der Waals surface area contributed by atoms with Crippen molar-refractivity contribution in [2.45, 2.75) is 27.7 Å². The molecule has 6 heteroatoms. The molecule has 0 saturated carbocycles. The van der Waals surface area contributed by atoms with Gasteiger partial charge in [0.2, 0.25) is 0 Å². The molecular weight excluding hydrogens is 511 g/mol. The maximum absolute atomic E-state index is 9.56. The second-order valence-corrected chi connectivity index (χ2v) is 9.39. The quantitative estimate of drug-likeness (QED) is 0.184. The normalized spacial score (nSPS) is 10.1. The van der Waals surface area contributed by atoms with E-state index in [1.165, 1.54) is 0 Å². The summed E-state index contributed by atoms with van der Waals surface area (Å²) in [4.78, 5) is 8.57. The van der Waals surface area contributed by atoms with Crippen molar-refractivity contribution in [3.8, 4) is 28.4 Å². The van der Waals surface area contributed by atoms with E-state index >= 15 is 0 Å². The Labute approximate surface area is 245 Å². The highest BCUT2D eigenvalue weighted by molar-refractivity contribution is 5.87. The predicted molar refractivity (Wildman–Crippen MR) is 165 cm³/mol. The topological polar surface area (TPSA) is 86.5 Å². The van der Waals surface area contributed by atoms with Crippen LogP contribution in [-0.2, 0) is 0 Å². The maximum atomic E-state index is 9.56. The SMILES string of the molecule is Cc1cc(C)c2cccc(O)c2n1.Cc1cc(C)c2cccc(O)c2n1.Oc1ccccc1-c1ccccc1.[Al]. The summed E-state index contributed by atoms with van der Waals surface area (Å²) in [5.41, 5.74) is 7.48. The van der Waals surface area contributed by atoms with Crippen molar-refractivity contribution in [1.29, 1.82) is 0 Å². The summed E-state index contributed by atoms with van der Waals surface area (Å²) < 4.78 is 0. The number of benzene rings is 4. The Kier molecular flexibility index (Phi) is 10.3. The van der Waals surface area contributed by atoms with E-state index in [2.05, 4.69) is 9.97 Å². The number of rotatable bonds is 1. The third-order valence-electron chi connectivity index (χ3n) is 6.30. The van der Waals surface area contributed by atoms with Gasteiger partial charge < -0.3 is 15.3 Å². The summed E-state index contributed by atoms with van der Waals surface area (Å²) >= 11 is 0. The van der Waals surface area contributed by atoms with Crippen LogP contribution in [0.4, 0.5) is 0 Å². The number of nitrogens with zero attached hydrogens (tertiary/aromatic N) is 2. The number of phenols is 3. The summed E-state index contributed by atoms with van der Waals surface area (Å²) in [6.07, 6.45) is 0. The number of hydrogen-bond acceptors (Lipinski definition) is 5. The van der Waals surface area contributed by atoms with Crippen molar-refractivity contribution in [1.82, 2.24) is 9.97 Å². The van der Waals surface area contributed by atoms with Crippen LogP contribution in [0, 0.1) is 27.7 Å². The minimum Gasteiger partial charge on any atom is -0.507 e. The van der Waals surface area contributed by atoms with Crippen molar-refractivity contribution in [2.75, 3.05) is 0 Å². The fourth-order valence-corrected chi connectivity index (χ4v) is 4.47. The van der Waals surface area contributed by atoms with Gasteiger partial charge in [-0.15, -0.1) is 0 Å². The largest absolute Gasteiger partial charge is 0.507 e. The molecule has 0 amide bonds. The van der Waals surface area contributed by atoms with Gasteiger partial charge in [-0.25, -0.2) is 9.97 Å². The zero-order valence-electron chi connectivity index (χ0n) is 23.1. The molecular formula is C34H32AlN2O3. The Morgan fingerprint density at radius 1 is 0.475 bits per heavy atom. The second-order valence-electron chi connectivity index (χ2n) is 9.39. The van der Waals surface area contributed by atoms with Gasteiger partial charge >= 0.3 is 0 Å². The van der Waals surface area contributed by atoms with Crippen LogP contribution in [0.1, 0.15) is 22.5 Å². The Balaban J connectivity index is 0.000000163. The second kappa shape index (κ2) is 13.6. The van der Waals surface area contributed by atoms with E-state index in [0.717, 1.165) is 44.4 Å². The lowest BCUT2D eigenvalue weighted by Crippen LogP contribution is -1.87. The van der Waals surface area contributed by atoms with Crippen molar-refractivity contribution in [3.63, 3.8) is 0 Å². The average Bonchev–Trinajstić information content (AvgIpc) is 2.92. The number of fused-ring (bicyclic) bond motifs is 2. The van der Waals surface area contributed by atoms with Gasteiger partial charge in [-0.2, -0.15) is 0 Å². The minimum absolute atomic E-state index is 0. The number of aryl methyl sites for hydroxylation is 4. The van der Waals surface area contributed by atoms with Gasteiger partial charge in [0.1, 0.15) is 28.3 Å². The number of pyridine rings is 2. The number of aromatic hydroxyl groups is 3. The van der Waals surface area contributed by atoms with Crippen molar-refractivity contribution in [2.24, 2.45) is 0 Å². The fourth-order valence-electron chi connectivity index (χ4n) is 4.47. The summed E-state index contributed by atoms with van der Waals surface area (Å²) in [5.74, 6) is 0.835. The first kappa shape index (κ1) is 30.2. The Bertz CT molecular complexity index is 1650. The molecule has 6 aromatic rings. The van der Waals surface area contributed by atoms with E-state index in [1.807, 2.05) is 113 Å². The zero-order valence-corrected chi connectivity index (χ0v) is 24.3. The van der Waals surface area contributed by atoms with E-state index in [1.54, 1.807) is 18.2 Å². The monoisotopic (exact) mass is 543 g/mol. The molecule has 0 aliphatic rings. The van der Waals surface area contributed by atoms with Crippen molar-refractivity contribution >= 4 is 39.2 Å². The summed E-state index contributed by atoms with van der Waals surface area (Å²) in [5, 5.41) is 30.7. The lowest BCUT2D eigenvalue weighted by molar-refractivity contribution is 0.477. The van der Waals surface area contributed by atoms with E-state index in [-0.39, 0.29) is 28.9 Å². The lowest BCUT2D eigenvalue weighted by Gasteiger charge is -2.04. The van der Waals surface area contributed by atoms with E-state index in [4.69, 9.17) is 0 Å². The highest BCUT2D eigenvalue weighted by Gasteiger charge is 2.04. The predicted octanol–water partition coefficient (Wildman–Crippen LogP) is 7.79. The molecule has 0 spiro atoms. The van der Waals surface area contributed by atoms with E-state index < -0.39 is 0 Å². The Hall–Kier alpha value is -4.37. The highest BCUT2D eigenvalue weighted by Crippen LogP contribution is 2.28. The molecule has 4 aromatic carbocycles. The number of hydrogen-bond donors (Lipinski definition) is 3. The van der Waals surface area contributed by atoms with Crippen LogP contribution in [0.5, 0.6) is 17.2 Å². The molecule has 0 aliphatic heterocycles. The fraction of sp³-hybridized carbons (Fsp3) is 0.118. The summed E-state index contributed by atoms with van der Waals surface area (Å²) in [7, 11) is 0. The van der Waals surface area contributed by atoms with Crippen LogP contribution >= 0.6 is 0 Å². The van der Waals surface area contributed by atoms with Crippen molar-refractivity contribution in [3.05, 3.63) is 126 Å². The van der Waals surface area contributed by atoms with Crippen molar-refractivity contribution < 1.29 is 15.3 Å².